The fourth-order valence-corrected chi connectivity index (χ4v) is 3.17. The summed E-state index contributed by atoms with van der Waals surface area (Å²) in [5, 5.41) is 0. The Hall–Kier alpha value is -2.28. The monoisotopic (exact) mass is 379 g/mol. The fraction of sp³-hybridized carbons (Fsp3) is 0.600. The summed E-state index contributed by atoms with van der Waals surface area (Å²) in [6.07, 6.45) is 1.82. The molecule has 2 atom stereocenters. The van der Waals surface area contributed by atoms with Crippen molar-refractivity contribution in [3.8, 4) is 11.5 Å². The summed E-state index contributed by atoms with van der Waals surface area (Å²) in [6, 6.07) is 5.69. The number of esters is 1. The van der Waals surface area contributed by atoms with Crippen LogP contribution in [0.25, 0.3) is 0 Å². The summed E-state index contributed by atoms with van der Waals surface area (Å²) in [5.41, 5.74) is 1.02. The van der Waals surface area contributed by atoms with Gasteiger partial charge in [0, 0.05) is 19.7 Å². The van der Waals surface area contributed by atoms with Gasteiger partial charge in [-0.25, -0.2) is 0 Å². The maximum absolute atomic E-state index is 12.8. The third kappa shape index (κ3) is 5.60. The van der Waals surface area contributed by atoms with Crippen LogP contribution in [-0.4, -0.2) is 63.9 Å². The summed E-state index contributed by atoms with van der Waals surface area (Å²) >= 11 is 0. The third-order valence-corrected chi connectivity index (χ3v) is 4.73. The van der Waals surface area contributed by atoms with Gasteiger partial charge >= 0.3 is 5.97 Å². The first kappa shape index (κ1) is 21.0. The second kappa shape index (κ2) is 10.2. The van der Waals surface area contributed by atoms with Crippen molar-refractivity contribution in [2.24, 2.45) is 5.92 Å². The Morgan fingerprint density at radius 2 is 1.96 bits per heavy atom. The van der Waals surface area contributed by atoms with Crippen molar-refractivity contribution in [2.75, 3.05) is 41.0 Å². The largest absolute Gasteiger partial charge is 0.493 e. The molecule has 150 valence electrons. The molecule has 1 aliphatic heterocycles. The zero-order valence-corrected chi connectivity index (χ0v) is 16.5. The highest BCUT2D eigenvalue weighted by Gasteiger charge is 2.30. The number of amides is 1. The summed E-state index contributed by atoms with van der Waals surface area (Å²) in [5.74, 6) is 0.517. The molecule has 0 aromatic heterocycles. The minimum absolute atomic E-state index is 0.0660. The predicted molar refractivity (Wildman–Crippen MR) is 100.0 cm³/mol. The van der Waals surface area contributed by atoms with E-state index >= 15 is 0 Å². The number of nitrogens with zero attached hydrogens (tertiary/aromatic N) is 1. The molecule has 2 unspecified atom stereocenters. The first-order chi connectivity index (χ1) is 13.0. The van der Waals surface area contributed by atoms with E-state index in [1.54, 1.807) is 26.0 Å². The van der Waals surface area contributed by atoms with E-state index in [2.05, 4.69) is 0 Å². The number of ether oxygens (including phenoxy) is 4. The molecule has 1 aromatic rings. The van der Waals surface area contributed by atoms with Crippen molar-refractivity contribution in [1.82, 2.24) is 4.90 Å². The average molecular weight is 379 g/mol. The van der Waals surface area contributed by atoms with Gasteiger partial charge in [0.1, 0.15) is 6.10 Å². The predicted octanol–water partition coefficient (Wildman–Crippen LogP) is 2.06. The molecule has 1 fully saturated rings. The van der Waals surface area contributed by atoms with Gasteiger partial charge in [-0.3, -0.25) is 9.59 Å². The molecular weight excluding hydrogens is 350 g/mol. The Balaban J connectivity index is 2.08. The van der Waals surface area contributed by atoms with Crippen LogP contribution in [-0.2, 0) is 25.5 Å². The number of hydrogen-bond donors (Lipinski definition) is 0. The highest BCUT2D eigenvalue weighted by Crippen LogP contribution is 2.28. The van der Waals surface area contributed by atoms with Gasteiger partial charge in [0.2, 0.25) is 0 Å². The fourth-order valence-electron chi connectivity index (χ4n) is 3.17. The van der Waals surface area contributed by atoms with E-state index < -0.39 is 12.0 Å². The van der Waals surface area contributed by atoms with Gasteiger partial charge in [-0.2, -0.15) is 0 Å². The van der Waals surface area contributed by atoms with E-state index in [9.17, 15) is 9.59 Å². The van der Waals surface area contributed by atoms with Crippen LogP contribution in [0.15, 0.2) is 18.2 Å². The standard InChI is InChI=1S/C20H29NO6/c1-14(20(23)26-4)13-21(19(22)17-6-5-11-27-17)10-9-15-7-8-16(24-2)18(12-15)25-3/h7-8,12,14,17H,5-6,9-11,13H2,1-4H3. The molecule has 7 heteroatoms. The highest BCUT2D eigenvalue weighted by atomic mass is 16.5. The lowest BCUT2D eigenvalue weighted by atomic mass is 10.1. The minimum Gasteiger partial charge on any atom is -0.493 e. The molecule has 0 radical (unpaired) electrons. The van der Waals surface area contributed by atoms with Crippen LogP contribution in [0, 0.1) is 5.92 Å². The van der Waals surface area contributed by atoms with Crippen molar-refractivity contribution in [3.63, 3.8) is 0 Å². The molecule has 7 nitrogen and oxygen atoms in total. The molecule has 27 heavy (non-hydrogen) atoms. The third-order valence-electron chi connectivity index (χ3n) is 4.73. The van der Waals surface area contributed by atoms with Gasteiger partial charge in [-0.05, 0) is 37.0 Å². The van der Waals surface area contributed by atoms with Crippen molar-refractivity contribution < 1.29 is 28.5 Å². The number of hydrogen-bond acceptors (Lipinski definition) is 6. The Labute approximate surface area is 160 Å². The number of benzene rings is 1. The summed E-state index contributed by atoms with van der Waals surface area (Å²) in [4.78, 5) is 26.3. The molecule has 0 N–H and O–H groups in total. The van der Waals surface area contributed by atoms with Crippen molar-refractivity contribution in [2.45, 2.75) is 32.3 Å². The van der Waals surface area contributed by atoms with E-state index in [0.717, 1.165) is 18.4 Å². The number of carbonyl (C=O) groups excluding carboxylic acids is 2. The Morgan fingerprint density at radius 1 is 1.22 bits per heavy atom. The Kier molecular flexibility index (Phi) is 7.91. The second-order valence-corrected chi connectivity index (χ2v) is 6.65. The van der Waals surface area contributed by atoms with Crippen molar-refractivity contribution in [1.29, 1.82) is 0 Å². The Bertz CT molecular complexity index is 641. The van der Waals surface area contributed by atoms with Gasteiger partial charge in [0.25, 0.3) is 5.91 Å². The lowest BCUT2D eigenvalue weighted by Crippen LogP contribution is -2.43. The van der Waals surface area contributed by atoms with Crippen LogP contribution in [0.3, 0.4) is 0 Å². The minimum atomic E-state index is -0.416. The lowest BCUT2D eigenvalue weighted by molar-refractivity contribution is -0.148. The zero-order valence-electron chi connectivity index (χ0n) is 16.5. The number of methoxy groups -OCH3 is 3. The molecule has 2 rings (SSSR count). The van der Waals surface area contributed by atoms with E-state index in [1.165, 1.54) is 7.11 Å². The van der Waals surface area contributed by atoms with Crippen LogP contribution >= 0.6 is 0 Å². The normalized spacial score (nSPS) is 17.3. The van der Waals surface area contributed by atoms with Gasteiger partial charge in [0.15, 0.2) is 11.5 Å². The summed E-state index contributed by atoms with van der Waals surface area (Å²) in [7, 11) is 4.54. The van der Waals surface area contributed by atoms with Crippen LogP contribution in [0.4, 0.5) is 0 Å². The molecule has 0 saturated carbocycles. The number of rotatable bonds is 9. The van der Waals surface area contributed by atoms with Gasteiger partial charge in [0.05, 0.1) is 27.2 Å². The summed E-state index contributed by atoms with van der Waals surface area (Å²) < 4.78 is 20.9. The zero-order chi connectivity index (χ0) is 19.8. The smallest absolute Gasteiger partial charge is 0.310 e. The van der Waals surface area contributed by atoms with Crippen molar-refractivity contribution >= 4 is 11.9 Å². The van der Waals surface area contributed by atoms with Crippen LogP contribution < -0.4 is 9.47 Å². The Morgan fingerprint density at radius 3 is 2.56 bits per heavy atom. The molecule has 0 aliphatic carbocycles. The molecule has 1 heterocycles. The van der Waals surface area contributed by atoms with Gasteiger partial charge in [-0.1, -0.05) is 13.0 Å². The molecule has 1 aromatic carbocycles. The molecular formula is C20H29NO6. The highest BCUT2D eigenvalue weighted by molar-refractivity contribution is 5.82. The maximum atomic E-state index is 12.8. The van der Waals surface area contributed by atoms with Crippen LogP contribution in [0.1, 0.15) is 25.3 Å². The van der Waals surface area contributed by atoms with Gasteiger partial charge in [-0.15, -0.1) is 0 Å². The lowest BCUT2D eigenvalue weighted by Gasteiger charge is -2.27. The number of carbonyl (C=O) groups is 2. The summed E-state index contributed by atoms with van der Waals surface area (Å²) in [6.45, 7) is 3.15. The molecule has 1 aliphatic rings. The SMILES string of the molecule is COC(=O)C(C)CN(CCc1ccc(OC)c(OC)c1)C(=O)C1CCCO1. The van der Waals surface area contributed by atoms with Gasteiger partial charge < -0.3 is 23.8 Å². The second-order valence-electron chi connectivity index (χ2n) is 6.65. The quantitative estimate of drug-likeness (QED) is 0.612. The maximum Gasteiger partial charge on any atom is 0.310 e. The van der Waals surface area contributed by atoms with E-state index in [1.807, 2.05) is 18.2 Å². The first-order valence-electron chi connectivity index (χ1n) is 9.19. The van der Waals surface area contributed by atoms with Crippen molar-refractivity contribution in [3.05, 3.63) is 23.8 Å². The average Bonchev–Trinajstić information content (AvgIpc) is 3.24. The van der Waals surface area contributed by atoms with Crippen LogP contribution in [0.2, 0.25) is 0 Å². The van der Waals surface area contributed by atoms with E-state index in [0.29, 0.717) is 37.6 Å². The first-order valence-corrected chi connectivity index (χ1v) is 9.19. The molecule has 0 bridgehead atoms. The van der Waals surface area contributed by atoms with E-state index in [-0.39, 0.29) is 11.9 Å². The topological polar surface area (TPSA) is 74.3 Å². The van der Waals surface area contributed by atoms with Crippen LogP contribution in [0.5, 0.6) is 11.5 Å². The molecule has 0 spiro atoms. The van der Waals surface area contributed by atoms with E-state index in [4.69, 9.17) is 18.9 Å². The molecule has 1 saturated heterocycles. The molecule has 1 amide bonds.